The maximum absolute atomic E-state index is 12.3. The van der Waals surface area contributed by atoms with Gasteiger partial charge in [0.25, 0.3) is 5.91 Å². The molecule has 5 nitrogen and oxygen atoms in total. The molecule has 1 atom stereocenters. The van der Waals surface area contributed by atoms with Crippen molar-refractivity contribution in [2.45, 2.75) is 25.3 Å². The Morgan fingerprint density at radius 2 is 1.86 bits per heavy atom. The summed E-state index contributed by atoms with van der Waals surface area (Å²) in [5.74, 6) is -1.37. The number of hydrogen-bond acceptors (Lipinski definition) is 3. The highest BCUT2D eigenvalue weighted by molar-refractivity contribution is 14.1. The topological polar surface area (TPSA) is 92.4 Å². The van der Waals surface area contributed by atoms with E-state index in [4.69, 9.17) is 5.73 Å². The predicted molar refractivity (Wildman–Crippen MR) is 106 cm³/mol. The van der Waals surface area contributed by atoms with Crippen LogP contribution in [0.3, 0.4) is 0 Å². The van der Waals surface area contributed by atoms with Crippen molar-refractivity contribution in [1.82, 2.24) is 5.32 Å². The quantitative estimate of drug-likeness (QED) is 0.246. The summed E-state index contributed by atoms with van der Waals surface area (Å²) in [6.45, 7) is 0.521. The van der Waals surface area contributed by atoms with E-state index >= 15 is 0 Å². The molecule has 0 aliphatic carbocycles. The lowest BCUT2D eigenvalue weighted by atomic mass is 10.1. The van der Waals surface area contributed by atoms with E-state index in [0.29, 0.717) is 24.9 Å². The van der Waals surface area contributed by atoms with Crippen LogP contribution in [0.4, 0.5) is 0 Å². The summed E-state index contributed by atoms with van der Waals surface area (Å²) in [6.07, 6.45) is 1.81. The zero-order chi connectivity index (χ0) is 16.0. The molecule has 1 aromatic carbocycles. The van der Waals surface area contributed by atoms with Crippen molar-refractivity contribution in [3.05, 3.63) is 28.4 Å². The smallest absolute Gasteiger partial charge is 0.326 e. The molecule has 4 N–H and O–H groups in total. The molecular formula is C13H15I3N2O3. The molecule has 0 saturated carbocycles. The highest BCUT2D eigenvalue weighted by Crippen LogP contribution is 2.24. The van der Waals surface area contributed by atoms with Crippen LogP contribution in [0.25, 0.3) is 0 Å². The molecule has 0 saturated heterocycles. The third-order valence-corrected chi connectivity index (χ3v) is 8.03. The first-order valence-electron chi connectivity index (χ1n) is 6.25. The van der Waals surface area contributed by atoms with Gasteiger partial charge in [-0.05, 0) is 106 Å². The van der Waals surface area contributed by atoms with E-state index in [-0.39, 0.29) is 5.91 Å². The van der Waals surface area contributed by atoms with Crippen LogP contribution in [-0.4, -0.2) is 29.6 Å². The maximum atomic E-state index is 12.3. The molecule has 0 fully saturated rings. The van der Waals surface area contributed by atoms with Crippen LogP contribution >= 0.6 is 67.8 Å². The van der Waals surface area contributed by atoms with Gasteiger partial charge in [0, 0.05) is 10.7 Å². The number of unbranched alkanes of at least 4 members (excludes halogenated alkanes) is 1. The highest BCUT2D eigenvalue weighted by atomic mass is 127. The van der Waals surface area contributed by atoms with E-state index in [0.717, 1.165) is 17.1 Å². The summed E-state index contributed by atoms with van der Waals surface area (Å²) >= 11 is 6.48. The number of amides is 1. The number of hydrogen-bond donors (Lipinski definition) is 3. The lowest BCUT2D eigenvalue weighted by molar-refractivity contribution is -0.139. The first-order chi connectivity index (χ1) is 9.88. The van der Waals surface area contributed by atoms with Gasteiger partial charge in [-0.2, -0.15) is 0 Å². The van der Waals surface area contributed by atoms with Crippen molar-refractivity contribution in [2.75, 3.05) is 6.54 Å². The van der Waals surface area contributed by atoms with E-state index < -0.39 is 12.0 Å². The molecule has 1 amide bonds. The molecule has 0 unspecified atom stereocenters. The number of carboxylic acid groups (broad SMARTS) is 1. The number of aliphatic carboxylic acids is 1. The summed E-state index contributed by atoms with van der Waals surface area (Å²) < 4.78 is 2.90. The van der Waals surface area contributed by atoms with Gasteiger partial charge in [-0.3, -0.25) is 4.79 Å². The summed E-state index contributed by atoms with van der Waals surface area (Å²) in [4.78, 5) is 23.5. The Labute approximate surface area is 164 Å². The number of nitrogens with one attached hydrogen (secondary N) is 1. The van der Waals surface area contributed by atoms with Crippen LogP contribution in [0, 0.1) is 10.7 Å². The van der Waals surface area contributed by atoms with Gasteiger partial charge in [0.05, 0.1) is 5.56 Å². The molecule has 116 valence electrons. The molecule has 0 spiro atoms. The minimum Gasteiger partial charge on any atom is -0.480 e. The molecule has 8 heteroatoms. The Bertz CT molecular complexity index is 538. The summed E-state index contributed by atoms with van der Waals surface area (Å²) in [7, 11) is 0. The number of carbonyl (C=O) groups is 2. The van der Waals surface area contributed by atoms with Crippen molar-refractivity contribution in [3.63, 3.8) is 0 Å². The molecule has 0 aromatic heterocycles. The third kappa shape index (κ3) is 5.78. The lowest BCUT2D eigenvalue weighted by Gasteiger charge is -2.15. The van der Waals surface area contributed by atoms with Gasteiger partial charge in [0.15, 0.2) is 0 Å². The molecule has 1 aromatic rings. The van der Waals surface area contributed by atoms with Gasteiger partial charge in [0.2, 0.25) is 0 Å². The molecule has 0 heterocycles. The average molecular weight is 628 g/mol. The van der Waals surface area contributed by atoms with E-state index in [1.54, 1.807) is 6.07 Å². The van der Waals surface area contributed by atoms with E-state index in [2.05, 4.69) is 73.1 Å². The molecule has 1 rings (SSSR count). The van der Waals surface area contributed by atoms with Crippen LogP contribution < -0.4 is 11.1 Å². The SMILES string of the molecule is NCCCC[C@H](NC(=O)c1ccc(I)c(I)c1I)C(=O)O. The molecule has 0 bridgehead atoms. The van der Waals surface area contributed by atoms with Crippen molar-refractivity contribution in [2.24, 2.45) is 5.73 Å². The zero-order valence-corrected chi connectivity index (χ0v) is 17.5. The Kier molecular flexibility index (Phi) is 8.71. The predicted octanol–water partition coefficient (Wildman–Crippen LogP) is 2.81. The van der Waals surface area contributed by atoms with Gasteiger partial charge in [-0.25, -0.2) is 4.79 Å². The van der Waals surface area contributed by atoms with Crippen molar-refractivity contribution < 1.29 is 14.7 Å². The lowest BCUT2D eigenvalue weighted by Crippen LogP contribution is -2.41. The van der Waals surface area contributed by atoms with Crippen LogP contribution in [0.5, 0.6) is 0 Å². The molecule has 0 aliphatic rings. The number of benzene rings is 1. The molecule has 0 aliphatic heterocycles. The van der Waals surface area contributed by atoms with Gasteiger partial charge in [-0.1, -0.05) is 0 Å². The molecule has 21 heavy (non-hydrogen) atoms. The largest absolute Gasteiger partial charge is 0.480 e. The number of halogens is 3. The first kappa shape index (κ1) is 19.4. The Morgan fingerprint density at radius 3 is 2.43 bits per heavy atom. The van der Waals surface area contributed by atoms with Gasteiger partial charge < -0.3 is 16.2 Å². The Morgan fingerprint density at radius 1 is 1.19 bits per heavy atom. The van der Waals surface area contributed by atoms with E-state index in [1.165, 1.54) is 0 Å². The second-order valence-corrected chi connectivity index (χ2v) is 7.69. The highest BCUT2D eigenvalue weighted by Gasteiger charge is 2.22. The van der Waals surface area contributed by atoms with Crippen molar-refractivity contribution >= 4 is 79.6 Å². The summed E-state index contributed by atoms with van der Waals surface area (Å²) in [5, 5.41) is 11.8. The maximum Gasteiger partial charge on any atom is 0.326 e. The Hall–Kier alpha value is 0.310. The van der Waals surface area contributed by atoms with Gasteiger partial charge >= 0.3 is 5.97 Å². The van der Waals surface area contributed by atoms with Crippen LogP contribution in [-0.2, 0) is 4.79 Å². The number of carbonyl (C=O) groups excluding carboxylic acids is 1. The normalized spacial score (nSPS) is 12.0. The van der Waals surface area contributed by atoms with Crippen LogP contribution in [0.2, 0.25) is 0 Å². The van der Waals surface area contributed by atoms with E-state index in [9.17, 15) is 14.7 Å². The average Bonchev–Trinajstić information content (AvgIpc) is 2.43. The fraction of sp³-hybridized carbons (Fsp3) is 0.385. The van der Waals surface area contributed by atoms with Gasteiger partial charge in [-0.15, -0.1) is 0 Å². The first-order valence-corrected chi connectivity index (χ1v) is 9.49. The summed E-state index contributed by atoms with van der Waals surface area (Å²) in [6, 6.07) is 2.69. The fourth-order valence-electron chi connectivity index (χ4n) is 1.69. The molecule has 0 radical (unpaired) electrons. The zero-order valence-electron chi connectivity index (χ0n) is 11.0. The summed E-state index contributed by atoms with van der Waals surface area (Å²) in [5.41, 5.74) is 5.90. The minimum atomic E-state index is -1.02. The van der Waals surface area contributed by atoms with E-state index in [1.807, 2.05) is 6.07 Å². The minimum absolute atomic E-state index is 0.353. The number of rotatable bonds is 7. The Balaban J connectivity index is 2.82. The molecular weight excluding hydrogens is 613 g/mol. The standard InChI is InChI=1S/C13H15I3N2O3/c14-8-5-4-7(10(15)11(8)16)12(19)18-9(13(20)21)3-1-2-6-17/h4-5,9H,1-3,6,17H2,(H,18,19)(H,20,21)/t9-/m0/s1. The number of nitrogens with two attached hydrogens (primary N) is 1. The van der Waals surface area contributed by atoms with Gasteiger partial charge in [0.1, 0.15) is 6.04 Å². The van der Waals surface area contributed by atoms with Crippen LogP contribution in [0.1, 0.15) is 29.6 Å². The third-order valence-electron chi connectivity index (χ3n) is 2.83. The van der Waals surface area contributed by atoms with Crippen LogP contribution in [0.15, 0.2) is 12.1 Å². The second-order valence-electron chi connectivity index (χ2n) is 4.37. The fourth-order valence-corrected chi connectivity index (χ4v) is 3.84. The second kappa shape index (κ2) is 9.45. The van der Waals surface area contributed by atoms with Crippen molar-refractivity contribution in [1.29, 1.82) is 0 Å². The van der Waals surface area contributed by atoms with Crippen molar-refractivity contribution in [3.8, 4) is 0 Å². The number of carboxylic acids is 1. The monoisotopic (exact) mass is 628 g/mol.